The third-order valence-corrected chi connectivity index (χ3v) is 12.4. The lowest BCUT2D eigenvalue weighted by Crippen LogP contribution is -2.82. The summed E-state index contributed by atoms with van der Waals surface area (Å²) in [6, 6.07) is 8.59. The van der Waals surface area contributed by atoms with Crippen molar-refractivity contribution in [2.24, 2.45) is 34.5 Å². The molecule has 1 unspecified atom stereocenters. The molecule has 5 aliphatic carbocycles. The number of aliphatic hydroxyl groups is 3. The van der Waals surface area contributed by atoms with Crippen LogP contribution in [0.2, 0.25) is 0 Å². The molecule has 7 bridgehead atoms. The van der Waals surface area contributed by atoms with Crippen LogP contribution < -0.4 is 0 Å². The molecule has 9 heteroatoms. The summed E-state index contributed by atoms with van der Waals surface area (Å²) < 4.78 is 25.0. The number of methoxy groups -OCH3 is 3. The fourth-order valence-corrected chi connectivity index (χ4v) is 11.7. The first kappa shape index (κ1) is 27.3. The number of esters is 1. The van der Waals surface area contributed by atoms with Gasteiger partial charge in [0.2, 0.25) is 0 Å². The van der Waals surface area contributed by atoms with E-state index in [2.05, 4.69) is 11.8 Å². The van der Waals surface area contributed by atoms with E-state index in [1.807, 2.05) is 6.07 Å². The molecule has 1 saturated heterocycles. The molecule has 40 heavy (non-hydrogen) atoms. The van der Waals surface area contributed by atoms with Crippen LogP contribution in [0.5, 0.6) is 0 Å². The van der Waals surface area contributed by atoms with Crippen molar-refractivity contribution in [1.82, 2.24) is 4.90 Å². The Labute approximate surface area is 235 Å². The van der Waals surface area contributed by atoms with Crippen molar-refractivity contribution >= 4 is 5.97 Å². The first-order valence-corrected chi connectivity index (χ1v) is 14.9. The molecular weight excluding hydrogens is 514 g/mol. The fourth-order valence-electron chi connectivity index (χ4n) is 11.7. The lowest BCUT2D eigenvalue weighted by atomic mass is 9.41. The van der Waals surface area contributed by atoms with Crippen LogP contribution in [0.15, 0.2) is 30.3 Å². The summed E-state index contributed by atoms with van der Waals surface area (Å²) in [5, 5.41) is 37.5. The molecule has 0 radical (unpaired) electrons. The second-order valence-corrected chi connectivity index (χ2v) is 13.4. The zero-order valence-electron chi connectivity index (χ0n) is 23.9. The van der Waals surface area contributed by atoms with E-state index < -0.39 is 58.8 Å². The van der Waals surface area contributed by atoms with Crippen molar-refractivity contribution in [3.63, 3.8) is 0 Å². The minimum absolute atomic E-state index is 0.235. The quantitative estimate of drug-likeness (QED) is 0.429. The van der Waals surface area contributed by atoms with Crippen LogP contribution in [-0.4, -0.2) is 109 Å². The van der Waals surface area contributed by atoms with Gasteiger partial charge in [-0.1, -0.05) is 25.1 Å². The van der Waals surface area contributed by atoms with E-state index >= 15 is 0 Å². The lowest BCUT2D eigenvalue weighted by Gasteiger charge is -2.71. The molecule has 1 aliphatic heterocycles. The molecule has 1 heterocycles. The van der Waals surface area contributed by atoms with Crippen molar-refractivity contribution in [3.8, 4) is 0 Å². The number of hydrogen-bond acceptors (Lipinski definition) is 9. The maximum absolute atomic E-state index is 13.9. The Kier molecular flexibility index (Phi) is 6.10. The number of benzene rings is 1. The van der Waals surface area contributed by atoms with Gasteiger partial charge in [0.1, 0.15) is 5.60 Å². The van der Waals surface area contributed by atoms with Gasteiger partial charge in [0, 0.05) is 68.9 Å². The number of ether oxygens (including phenoxy) is 4. The van der Waals surface area contributed by atoms with E-state index in [0.29, 0.717) is 31.6 Å². The summed E-state index contributed by atoms with van der Waals surface area (Å²) in [6.07, 6.45) is -0.690. The Morgan fingerprint density at radius 2 is 1.82 bits per heavy atom. The Morgan fingerprint density at radius 1 is 1.07 bits per heavy atom. The summed E-state index contributed by atoms with van der Waals surface area (Å²) in [4.78, 5) is 16.3. The van der Waals surface area contributed by atoms with Crippen molar-refractivity contribution in [1.29, 1.82) is 0 Å². The van der Waals surface area contributed by atoms with E-state index in [9.17, 15) is 20.1 Å². The number of piperidine rings is 1. The molecular formula is C31H43NO8. The molecule has 1 aromatic carbocycles. The van der Waals surface area contributed by atoms with Gasteiger partial charge in [0.25, 0.3) is 0 Å². The molecule has 1 aromatic rings. The second kappa shape index (κ2) is 8.96. The third-order valence-electron chi connectivity index (χ3n) is 12.4. The zero-order valence-corrected chi connectivity index (χ0v) is 23.9. The van der Waals surface area contributed by atoms with Gasteiger partial charge in [-0.15, -0.1) is 0 Å². The van der Waals surface area contributed by atoms with Crippen LogP contribution in [-0.2, 0) is 18.9 Å². The Morgan fingerprint density at radius 3 is 2.48 bits per heavy atom. The summed E-state index contributed by atoms with van der Waals surface area (Å²) in [5.41, 5.74) is -3.69. The van der Waals surface area contributed by atoms with E-state index in [1.165, 1.54) is 0 Å². The highest BCUT2D eigenvalue weighted by Gasteiger charge is 2.91. The highest BCUT2D eigenvalue weighted by atomic mass is 16.6. The topological polar surface area (TPSA) is 118 Å². The number of likely N-dealkylation sites (tertiary alicyclic amines) is 1. The molecule has 220 valence electrons. The summed E-state index contributed by atoms with van der Waals surface area (Å²) in [7, 11) is 5.03. The highest BCUT2D eigenvalue weighted by molar-refractivity contribution is 5.89. The number of carbonyl (C=O) groups excluding carboxylic acids is 1. The summed E-state index contributed by atoms with van der Waals surface area (Å²) in [6.45, 7) is 4.04. The zero-order chi connectivity index (χ0) is 28.2. The fraction of sp³-hybridized carbons (Fsp3) is 0.774. The van der Waals surface area contributed by atoms with Crippen LogP contribution in [0, 0.1) is 34.5 Å². The maximum atomic E-state index is 13.9. The van der Waals surface area contributed by atoms with E-state index in [1.54, 1.807) is 45.6 Å². The van der Waals surface area contributed by atoms with Crippen molar-refractivity contribution in [2.75, 3.05) is 41.0 Å². The Balaban J connectivity index is 1.51. The van der Waals surface area contributed by atoms with Gasteiger partial charge in [0.05, 0.1) is 48.1 Å². The summed E-state index contributed by atoms with van der Waals surface area (Å²) >= 11 is 0. The van der Waals surface area contributed by atoms with Gasteiger partial charge in [-0.05, 0) is 37.9 Å². The van der Waals surface area contributed by atoms with Crippen LogP contribution in [0.25, 0.3) is 0 Å². The van der Waals surface area contributed by atoms with Crippen LogP contribution >= 0.6 is 0 Å². The molecule has 9 nitrogen and oxygen atoms in total. The number of carbonyl (C=O) groups is 1. The minimum Gasteiger partial charge on any atom is -0.454 e. The Hall–Kier alpha value is -1.59. The van der Waals surface area contributed by atoms with Crippen molar-refractivity contribution in [3.05, 3.63) is 35.9 Å². The lowest BCUT2D eigenvalue weighted by molar-refractivity contribution is -0.324. The van der Waals surface area contributed by atoms with E-state index in [4.69, 9.17) is 18.9 Å². The van der Waals surface area contributed by atoms with Crippen molar-refractivity contribution in [2.45, 2.75) is 74.3 Å². The van der Waals surface area contributed by atoms with E-state index in [-0.39, 0.29) is 29.7 Å². The molecule has 3 N–H and O–H groups in total. The first-order valence-electron chi connectivity index (χ1n) is 14.9. The molecule has 6 fully saturated rings. The van der Waals surface area contributed by atoms with Gasteiger partial charge in [-0.2, -0.15) is 0 Å². The number of rotatable bonds is 7. The van der Waals surface area contributed by atoms with Gasteiger partial charge in [-0.25, -0.2) is 4.79 Å². The third kappa shape index (κ3) is 2.90. The number of hydrogen-bond donors (Lipinski definition) is 3. The molecule has 13 atom stereocenters. The Bertz CT molecular complexity index is 1170. The molecule has 5 saturated carbocycles. The van der Waals surface area contributed by atoms with Crippen LogP contribution in [0.1, 0.15) is 43.0 Å². The number of fused-ring (bicyclic) bond motifs is 2. The average molecular weight is 558 g/mol. The second-order valence-electron chi connectivity index (χ2n) is 13.4. The van der Waals surface area contributed by atoms with Gasteiger partial charge < -0.3 is 34.3 Å². The predicted octanol–water partition coefficient (Wildman–Crippen LogP) is 1.48. The monoisotopic (exact) mass is 557 g/mol. The normalized spacial score (nSPS) is 52.0. The van der Waals surface area contributed by atoms with Crippen LogP contribution in [0.3, 0.4) is 0 Å². The predicted molar refractivity (Wildman–Crippen MR) is 143 cm³/mol. The SMILES string of the molecule is CCN1C[C@]2(COC)CC[C@H](O)[C@@]34[C@@H]2[C@@H](OC)C([C@@H]13)[C@@]1(OC(=O)c2ccccc2)C[C@H](OC)[C@H]2C[C@]4(O)[C@@H]1[C@H]2O. The molecule has 0 amide bonds. The molecule has 0 aromatic heterocycles. The number of aliphatic hydroxyl groups excluding tert-OH is 2. The van der Waals surface area contributed by atoms with E-state index in [0.717, 1.165) is 13.0 Å². The molecule has 1 spiro atoms. The largest absolute Gasteiger partial charge is 0.454 e. The summed E-state index contributed by atoms with van der Waals surface area (Å²) in [5.74, 6) is -2.22. The molecule has 6 aliphatic rings. The van der Waals surface area contributed by atoms with Gasteiger partial charge in [-0.3, -0.25) is 4.90 Å². The minimum atomic E-state index is -1.51. The van der Waals surface area contributed by atoms with Gasteiger partial charge in [0.15, 0.2) is 0 Å². The number of nitrogens with zero attached hydrogens (tertiary/aromatic N) is 1. The first-order chi connectivity index (χ1) is 19.2. The molecule has 7 rings (SSSR count). The smallest absolute Gasteiger partial charge is 0.338 e. The van der Waals surface area contributed by atoms with Crippen molar-refractivity contribution < 1.29 is 39.1 Å². The average Bonchev–Trinajstić information content (AvgIpc) is 3.33. The standard InChI is InChI=1S/C31H43NO8/c1-5-32-15-28(16-37-2)12-11-20(33)31-25(28)23(39-4)21(26(31)32)29(40-27(35)17-9-7-6-8-10-17)14-19(38-3)18-13-30(31,36)24(29)22(18)34/h6-10,18-26,33-34,36H,5,11-16H2,1-4H3/t18-,19+,20+,21?,22+,23+,24-,25-,26-,28+,29+,30+,31-/m1/s1. The van der Waals surface area contributed by atoms with Gasteiger partial charge >= 0.3 is 5.97 Å². The van der Waals surface area contributed by atoms with Crippen LogP contribution in [0.4, 0.5) is 0 Å². The maximum Gasteiger partial charge on any atom is 0.338 e. The highest BCUT2D eigenvalue weighted by Crippen LogP contribution is 2.80.